The number of nitrogens with one attached hydrogen (secondary N) is 1. The van der Waals surface area contributed by atoms with Crippen LogP contribution in [0.1, 0.15) is 20.8 Å². The molecule has 0 atom stereocenters. The van der Waals surface area contributed by atoms with E-state index >= 15 is 0 Å². The quantitative estimate of drug-likeness (QED) is 0.633. The van der Waals surface area contributed by atoms with Crippen LogP contribution in [-0.4, -0.2) is 38.6 Å². The first-order valence-electron chi connectivity index (χ1n) is 4.83. The van der Waals surface area contributed by atoms with E-state index in [9.17, 15) is 0 Å². The van der Waals surface area contributed by atoms with Gasteiger partial charge >= 0.3 is 0 Å². The topological polar surface area (TPSA) is 15.3 Å². The fourth-order valence-corrected chi connectivity index (χ4v) is 1.53. The van der Waals surface area contributed by atoms with Gasteiger partial charge in [0.05, 0.1) is 0 Å². The Morgan fingerprint density at radius 2 is 1.92 bits per heavy atom. The fourth-order valence-electron chi connectivity index (χ4n) is 1.53. The zero-order valence-electron chi connectivity index (χ0n) is 9.78. The van der Waals surface area contributed by atoms with E-state index in [0.29, 0.717) is 5.41 Å². The van der Waals surface area contributed by atoms with Gasteiger partial charge in [0.1, 0.15) is 0 Å². The Bertz CT molecular complexity index is 159. The molecule has 2 heteroatoms. The van der Waals surface area contributed by atoms with Crippen molar-refractivity contribution < 1.29 is 0 Å². The normalized spacial score (nSPS) is 12.2. The van der Waals surface area contributed by atoms with Crippen molar-refractivity contribution in [1.29, 1.82) is 0 Å². The van der Waals surface area contributed by atoms with Gasteiger partial charge in [-0.1, -0.05) is 26.0 Å². The molecule has 0 spiro atoms. The largest absolute Gasteiger partial charge is 0.312 e. The Morgan fingerprint density at radius 1 is 1.38 bits per heavy atom. The minimum atomic E-state index is 0.332. The lowest BCUT2D eigenvalue weighted by molar-refractivity contribution is 0.234. The molecule has 0 unspecified atom stereocenters. The van der Waals surface area contributed by atoms with Crippen molar-refractivity contribution in [3.63, 3.8) is 0 Å². The highest BCUT2D eigenvalue weighted by atomic mass is 15.1. The standard InChI is InChI=1S/C11H24N2/c1-10(2)7-12-8-11(3,4)9-13(5)6/h12H,1,7-9H2,2-6H3. The summed E-state index contributed by atoms with van der Waals surface area (Å²) < 4.78 is 0. The summed E-state index contributed by atoms with van der Waals surface area (Å²) >= 11 is 0. The Kier molecular flexibility index (Phi) is 5.26. The van der Waals surface area contributed by atoms with Gasteiger partial charge in [-0.05, 0) is 26.4 Å². The molecule has 2 nitrogen and oxygen atoms in total. The molecule has 78 valence electrons. The number of nitrogens with zero attached hydrogens (tertiary/aromatic N) is 1. The van der Waals surface area contributed by atoms with Crippen LogP contribution in [0.3, 0.4) is 0 Å². The fraction of sp³-hybridized carbons (Fsp3) is 0.818. The van der Waals surface area contributed by atoms with Crippen LogP contribution in [-0.2, 0) is 0 Å². The summed E-state index contributed by atoms with van der Waals surface area (Å²) in [6, 6.07) is 0. The van der Waals surface area contributed by atoms with Gasteiger partial charge in [0.25, 0.3) is 0 Å². The van der Waals surface area contributed by atoms with E-state index in [1.807, 2.05) is 6.92 Å². The van der Waals surface area contributed by atoms with Crippen molar-refractivity contribution in [2.45, 2.75) is 20.8 Å². The minimum absolute atomic E-state index is 0.332. The summed E-state index contributed by atoms with van der Waals surface area (Å²) in [5.41, 5.74) is 1.53. The van der Waals surface area contributed by atoms with Crippen LogP contribution in [0.25, 0.3) is 0 Å². The molecule has 0 aromatic rings. The maximum absolute atomic E-state index is 3.86. The van der Waals surface area contributed by atoms with Crippen LogP contribution in [0.15, 0.2) is 12.2 Å². The van der Waals surface area contributed by atoms with Gasteiger partial charge in [-0.25, -0.2) is 0 Å². The van der Waals surface area contributed by atoms with Crippen LogP contribution >= 0.6 is 0 Å². The second-order valence-electron chi connectivity index (χ2n) is 4.96. The van der Waals surface area contributed by atoms with Gasteiger partial charge in [-0.15, -0.1) is 0 Å². The molecule has 0 aromatic carbocycles. The third kappa shape index (κ3) is 8.00. The van der Waals surface area contributed by atoms with Gasteiger partial charge in [0.15, 0.2) is 0 Å². The van der Waals surface area contributed by atoms with Gasteiger partial charge < -0.3 is 10.2 Å². The molecule has 0 aliphatic carbocycles. The molecule has 0 fully saturated rings. The molecular weight excluding hydrogens is 160 g/mol. The lowest BCUT2D eigenvalue weighted by atomic mass is 9.93. The third-order valence-electron chi connectivity index (χ3n) is 1.77. The zero-order chi connectivity index (χ0) is 10.5. The van der Waals surface area contributed by atoms with Crippen molar-refractivity contribution in [3.05, 3.63) is 12.2 Å². The number of hydrogen-bond donors (Lipinski definition) is 1. The second kappa shape index (κ2) is 5.40. The Morgan fingerprint density at radius 3 is 2.31 bits per heavy atom. The van der Waals surface area contributed by atoms with E-state index in [0.717, 1.165) is 19.6 Å². The molecule has 0 aliphatic rings. The molecule has 0 heterocycles. The summed E-state index contributed by atoms with van der Waals surface area (Å²) in [4.78, 5) is 2.22. The third-order valence-corrected chi connectivity index (χ3v) is 1.77. The molecule has 0 radical (unpaired) electrons. The molecule has 0 aromatic heterocycles. The summed E-state index contributed by atoms with van der Waals surface area (Å²) in [5.74, 6) is 0. The van der Waals surface area contributed by atoms with E-state index in [4.69, 9.17) is 0 Å². The smallest absolute Gasteiger partial charge is 0.0159 e. The summed E-state index contributed by atoms with van der Waals surface area (Å²) in [6.07, 6.45) is 0. The average molecular weight is 184 g/mol. The molecule has 0 bridgehead atoms. The summed E-state index contributed by atoms with van der Waals surface area (Å²) in [7, 11) is 4.22. The van der Waals surface area contributed by atoms with E-state index < -0.39 is 0 Å². The summed E-state index contributed by atoms with van der Waals surface area (Å²) in [6.45, 7) is 13.5. The van der Waals surface area contributed by atoms with E-state index in [1.54, 1.807) is 0 Å². The van der Waals surface area contributed by atoms with E-state index in [-0.39, 0.29) is 0 Å². The van der Waals surface area contributed by atoms with Crippen molar-refractivity contribution in [2.75, 3.05) is 33.7 Å². The SMILES string of the molecule is C=C(C)CNCC(C)(C)CN(C)C. The summed E-state index contributed by atoms with van der Waals surface area (Å²) in [5, 5.41) is 3.40. The molecule has 13 heavy (non-hydrogen) atoms. The monoisotopic (exact) mass is 184 g/mol. The Labute approximate surface area is 83.0 Å². The van der Waals surface area contributed by atoms with Gasteiger partial charge in [0, 0.05) is 19.6 Å². The molecule has 0 aliphatic heterocycles. The second-order valence-corrected chi connectivity index (χ2v) is 4.96. The maximum Gasteiger partial charge on any atom is 0.0159 e. The van der Waals surface area contributed by atoms with E-state index in [2.05, 4.69) is 44.7 Å². The van der Waals surface area contributed by atoms with Crippen LogP contribution in [0, 0.1) is 5.41 Å². The first-order valence-corrected chi connectivity index (χ1v) is 4.83. The molecule has 0 saturated heterocycles. The molecule has 0 amide bonds. The van der Waals surface area contributed by atoms with Crippen molar-refractivity contribution >= 4 is 0 Å². The number of rotatable bonds is 6. The lowest BCUT2D eigenvalue weighted by Gasteiger charge is -2.28. The molecular formula is C11H24N2. The predicted octanol–water partition coefficient (Wildman–Crippen LogP) is 1.74. The van der Waals surface area contributed by atoms with Crippen LogP contribution in [0.4, 0.5) is 0 Å². The lowest BCUT2D eigenvalue weighted by Crippen LogP contribution is -2.38. The molecule has 0 rings (SSSR count). The Hall–Kier alpha value is -0.340. The first-order chi connectivity index (χ1) is 5.83. The minimum Gasteiger partial charge on any atom is -0.312 e. The number of hydrogen-bond acceptors (Lipinski definition) is 2. The molecule has 0 saturated carbocycles. The van der Waals surface area contributed by atoms with Crippen molar-refractivity contribution in [3.8, 4) is 0 Å². The van der Waals surface area contributed by atoms with Crippen molar-refractivity contribution in [1.82, 2.24) is 10.2 Å². The highest BCUT2D eigenvalue weighted by molar-refractivity contribution is 4.91. The maximum atomic E-state index is 3.86. The first kappa shape index (κ1) is 12.7. The molecule has 1 N–H and O–H groups in total. The Balaban J connectivity index is 3.68. The van der Waals surface area contributed by atoms with Crippen molar-refractivity contribution in [2.24, 2.45) is 5.41 Å². The predicted molar refractivity (Wildman–Crippen MR) is 60.0 cm³/mol. The van der Waals surface area contributed by atoms with Gasteiger partial charge in [0.2, 0.25) is 0 Å². The zero-order valence-corrected chi connectivity index (χ0v) is 9.78. The highest BCUT2D eigenvalue weighted by Crippen LogP contribution is 2.13. The van der Waals surface area contributed by atoms with Crippen LogP contribution in [0.5, 0.6) is 0 Å². The highest BCUT2D eigenvalue weighted by Gasteiger charge is 2.17. The van der Waals surface area contributed by atoms with E-state index in [1.165, 1.54) is 5.57 Å². The van der Waals surface area contributed by atoms with Crippen LogP contribution < -0.4 is 5.32 Å². The van der Waals surface area contributed by atoms with Crippen LogP contribution in [0.2, 0.25) is 0 Å². The van der Waals surface area contributed by atoms with Gasteiger partial charge in [-0.2, -0.15) is 0 Å². The average Bonchev–Trinajstić information content (AvgIpc) is 1.81. The van der Waals surface area contributed by atoms with Gasteiger partial charge in [-0.3, -0.25) is 0 Å².